The summed E-state index contributed by atoms with van der Waals surface area (Å²) in [5.41, 5.74) is 4.04. The van der Waals surface area contributed by atoms with Crippen LogP contribution in [0.25, 0.3) is 0 Å². The quantitative estimate of drug-likeness (QED) is 0.625. The Bertz CT molecular complexity index is 692. The lowest BCUT2D eigenvalue weighted by Crippen LogP contribution is -2.45. The first kappa shape index (κ1) is 16.6. The molecule has 3 rings (SSSR count). The number of benzene rings is 2. The van der Waals surface area contributed by atoms with Gasteiger partial charge in [-0.05, 0) is 23.6 Å². The van der Waals surface area contributed by atoms with E-state index in [9.17, 15) is 10.1 Å². The highest BCUT2D eigenvalue weighted by atomic mass is 16.6. The molecule has 1 fully saturated rings. The molecule has 0 radical (unpaired) electrons. The Morgan fingerprint density at radius 3 is 2.08 bits per heavy atom. The third kappa shape index (κ3) is 4.19. The van der Waals surface area contributed by atoms with Gasteiger partial charge in [-0.25, -0.2) is 0 Å². The Kier molecular flexibility index (Phi) is 5.23. The van der Waals surface area contributed by atoms with Crippen LogP contribution in [-0.2, 0) is 13.1 Å². The van der Waals surface area contributed by atoms with E-state index in [2.05, 4.69) is 41.0 Å². The number of nitro benzene ring substituents is 1. The van der Waals surface area contributed by atoms with Crippen LogP contribution in [0, 0.1) is 17.0 Å². The average molecular weight is 325 g/mol. The Morgan fingerprint density at radius 1 is 0.917 bits per heavy atom. The summed E-state index contributed by atoms with van der Waals surface area (Å²) in [6, 6.07) is 15.5. The van der Waals surface area contributed by atoms with Crippen molar-refractivity contribution in [3.8, 4) is 0 Å². The monoisotopic (exact) mass is 325 g/mol. The van der Waals surface area contributed by atoms with Crippen LogP contribution in [0.4, 0.5) is 5.69 Å². The summed E-state index contributed by atoms with van der Waals surface area (Å²) in [7, 11) is 0. The molecule has 1 aliphatic heterocycles. The predicted octanol–water partition coefficient (Wildman–Crippen LogP) is 3.22. The van der Waals surface area contributed by atoms with Crippen LogP contribution in [0.5, 0.6) is 0 Å². The molecule has 0 amide bonds. The second kappa shape index (κ2) is 7.55. The van der Waals surface area contributed by atoms with Crippen LogP contribution in [-0.4, -0.2) is 40.9 Å². The van der Waals surface area contributed by atoms with Crippen LogP contribution in [0.1, 0.15) is 16.7 Å². The van der Waals surface area contributed by atoms with Gasteiger partial charge in [0, 0.05) is 51.4 Å². The zero-order valence-corrected chi connectivity index (χ0v) is 14.0. The number of piperazine rings is 1. The standard InChI is InChI=1S/C19H23N3O2/c1-16-4-2-3-5-18(16)15-21-12-10-20(11-13-21)14-17-6-8-19(9-7-17)22(23)24/h2-9H,10-15H2,1H3. The largest absolute Gasteiger partial charge is 0.297 e. The highest BCUT2D eigenvalue weighted by molar-refractivity contribution is 5.32. The second-order valence-electron chi connectivity index (χ2n) is 6.40. The molecule has 0 aliphatic carbocycles. The molecule has 0 N–H and O–H groups in total. The third-order valence-corrected chi connectivity index (χ3v) is 4.67. The number of non-ortho nitro benzene ring substituents is 1. The van der Waals surface area contributed by atoms with Gasteiger partial charge in [-0.2, -0.15) is 0 Å². The van der Waals surface area contributed by atoms with E-state index >= 15 is 0 Å². The van der Waals surface area contributed by atoms with Gasteiger partial charge in [0.25, 0.3) is 5.69 Å². The summed E-state index contributed by atoms with van der Waals surface area (Å²) in [6.45, 7) is 8.21. The van der Waals surface area contributed by atoms with Gasteiger partial charge in [-0.15, -0.1) is 0 Å². The van der Waals surface area contributed by atoms with Crippen molar-refractivity contribution >= 4 is 5.69 Å². The summed E-state index contributed by atoms with van der Waals surface area (Å²) < 4.78 is 0. The van der Waals surface area contributed by atoms with Gasteiger partial charge >= 0.3 is 0 Å². The minimum absolute atomic E-state index is 0.154. The molecule has 5 nitrogen and oxygen atoms in total. The van der Waals surface area contributed by atoms with Crippen molar-refractivity contribution in [1.82, 2.24) is 9.80 Å². The lowest BCUT2D eigenvalue weighted by atomic mass is 10.1. The first-order valence-corrected chi connectivity index (χ1v) is 8.34. The van der Waals surface area contributed by atoms with Crippen molar-refractivity contribution in [3.63, 3.8) is 0 Å². The van der Waals surface area contributed by atoms with Crippen molar-refractivity contribution < 1.29 is 4.92 Å². The molecular weight excluding hydrogens is 302 g/mol. The molecule has 0 unspecified atom stereocenters. The Morgan fingerprint density at radius 2 is 1.50 bits per heavy atom. The van der Waals surface area contributed by atoms with Crippen LogP contribution >= 0.6 is 0 Å². The smallest absolute Gasteiger partial charge is 0.269 e. The van der Waals surface area contributed by atoms with Gasteiger partial charge in [-0.3, -0.25) is 19.9 Å². The Labute approximate surface area is 142 Å². The van der Waals surface area contributed by atoms with Crippen molar-refractivity contribution in [2.75, 3.05) is 26.2 Å². The van der Waals surface area contributed by atoms with E-state index in [0.717, 1.165) is 44.8 Å². The molecule has 24 heavy (non-hydrogen) atoms. The topological polar surface area (TPSA) is 49.6 Å². The fourth-order valence-corrected chi connectivity index (χ4v) is 3.12. The normalized spacial score (nSPS) is 16.2. The SMILES string of the molecule is Cc1ccccc1CN1CCN(Cc2ccc([N+](=O)[O-])cc2)CC1. The number of aryl methyl sites for hydroxylation is 1. The van der Waals surface area contributed by atoms with Gasteiger partial charge in [-0.1, -0.05) is 36.4 Å². The fourth-order valence-electron chi connectivity index (χ4n) is 3.12. The fraction of sp³-hybridized carbons (Fsp3) is 0.368. The lowest BCUT2D eigenvalue weighted by molar-refractivity contribution is -0.384. The minimum Gasteiger partial charge on any atom is -0.297 e. The highest BCUT2D eigenvalue weighted by Gasteiger charge is 2.17. The van der Waals surface area contributed by atoms with E-state index in [0.29, 0.717) is 0 Å². The maximum Gasteiger partial charge on any atom is 0.269 e. The van der Waals surface area contributed by atoms with Crippen LogP contribution in [0.15, 0.2) is 48.5 Å². The molecule has 0 saturated carbocycles. The first-order chi connectivity index (χ1) is 11.6. The third-order valence-electron chi connectivity index (χ3n) is 4.67. The molecule has 0 aromatic heterocycles. The molecule has 1 heterocycles. The zero-order valence-electron chi connectivity index (χ0n) is 14.0. The van der Waals surface area contributed by atoms with E-state index in [4.69, 9.17) is 0 Å². The molecule has 0 bridgehead atoms. The summed E-state index contributed by atoms with van der Waals surface area (Å²) >= 11 is 0. The van der Waals surface area contributed by atoms with E-state index in [1.165, 1.54) is 11.1 Å². The molecule has 0 atom stereocenters. The molecule has 5 heteroatoms. The van der Waals surface area contributed by atoms with Crippen LogP contribution in [0.3, 0.4) is 0 Å². The number of hydrogen-bond donors (Lipinski definition) is 0. The summed E-state index contributed by atoms with van der Waals surface area (Å²) in [4.78, 5) is 15.3. The molecule has 2 aromatic rings. The van der Waals surface area contributed by atoms with Gasteiger partial charge in [0.1, 0.15) is 0 Å². The maximum absolute atomic E-state index is 10.7. The molecule has 1 aliphatic rings. The van der Waals surface area contributed by atoms with Crippen molar-refractivity contribution in [2.45, 2.75) is 20.0 Å². The number of rotatable bonds is 5. The molecule has 1 saturated heterocycles. The van der Waals surface area contributed by atoms with E-state index < -0.39 is 0 Å². The maximum atomic E-state index is 10.7. The first-order valence-electron chi connectivity index (χ1n) is 8.34. The molecule has 0 spiro atoms. The molecule has 126 valence electrons. The van der Waals surface area contributed by atoms with E-state index in [1.54, 1.807) is 12.1 Å². The minimum atomic E-state index is -0.353. The zero-order chi connectivity index (χ0) is 16.9. The van der Waals surface area contributed by atoms with Gasteiger partial charge in [0.2, 0.25) is 0 Å². The van der Waals surface area contributed by atoms with Gasteiger partial charge in [0.15, 0.2) is 0 Å². The highest BCUT2D eigenvalue weighted by Crippen LogP contribution is 2.16. The van der Waals surface area contributed by atoms with Crippen molar-refractivity contribution in [3.05, 3.63) is 75.3 Å². The number of nitrogens with zero attached hydrogens (tertiary/aromatic N) is 3. The van der Waals surface area contributed by atoms with E-state index in [1.807, 2.05) is 12.1 Å². The second-order valence-corrected chi connectivity index (χ2v) is 6.40. The Balaban J connectivity index is 1.50. The molecular formula is C19H23N3O2. The molecule has 2 aromatic carbocycles. The summed E-state index contributed by atoms with van der Waals surface area (Å²) in [5, 5.41) is 10.7. The average Bonchev–Trinajstić information content (AvgIpc) is 2.59. The van der Waals surface area contributed by atoms with Crippen molar-refractivity contribution in [1.29, 1.82) is 0 Å². The van der Waals surface area contributed by atoms with E-state index in [-0.39, 0.29) is 10.6 Å². The summed E-state index contributed by atoms with van der Waals surface area (Å²) in [6.07, 6.45) is 0. The van der Waals surface area contributed by atoms with Crippen LogP contribution < -0.4 is 0 Å². The predicted molar refractivity (Wildman–Crippen MR) is 94.8 cm³/mol. The number of nitro groups is 1. The Hall–Kier alpha value is -2.24. The summed E-state index contributed by atoms with van der Waals surface area (Å²) in [5.74, 6) is 0. The van der Waals surface area contributed by atoms with Crippen molar-refractivity contribution in [2.24, 2.45) is 0 Å². The lowest BCUT2D eigenvalue weighted by Gasteiger charge is -2.35. The number of hydrogen-bond acceptors (Lipinski definition) is 4. The van der Waals surface area contributed by atoms with Crippen LogP contribution in [0.2, 0.25) is 0 Å². The van der Waals surface area contributed by atoms with Gasteiger partial charge in [0.05, 0.1) is 4.92 Å². The van der Waals surface area contributed by atoms with Gasteiger partial charge < -0.3 is 0 Å².